The predicted molar refractivity (Wildman–Crippen MR) is 75.0 cm³/mol. The van der Waals surface area contributed by atoms with E-state index in [2.05, 4.69) is 41.3 Å². The van der Waals surface area contributed by atoms with Crippen LogP contribution in [0.3, 0.4) is 0 Å². The molecule has 4 nitrogen and oxygen atoms in total. The minimum atomic E-state index is -0.136. The van der Waals surface area contributed by atoms with E-state index in [-0.39, 0.29) is 5.69 Å². The first-order valence-electron chi connectivity index (χ1n) is 6.59. The molecule has 98 valence electrons. The van der Waals surface area contributed by atoms with Gasteiger partial charge in [0.2, 0.25) is 0 Å². The van der Waals surface area contributed by atoms with Crippen molar-refractivity contribution >= 4 is 11.0 Å². The van der Waals surface area contributed by atoms with Gasteiger partial charge >= 0.3 is 5.69 Å². The molecule has 0 saturated heterocycles. The topological polar surface area (TPSA) is 60.7 Å². The molecule has 0 radical (unpaired) electrons. The number of nitrogens with one attached hydrogen (secondary N) is 3. The third-order valence-electron chi connectivity index (χ3n) is 3.03. The van der Waals surface area contributed by atoms with Gasteiger partial charge in [-0.25, -0.2) is 4.79 Å². The monoisotopic (exact) mass is 247 g/mol. The maximum Gasteiger partial charge on any atom is 0.323 e. The van der Waals surface area contributed by atoms with E-state index in [1.54, 1.807) is 0 Å². The zero-order valence-electron chi connectivity index (χ0n) is 11.0. The van der Waals surface area contributed by atoms with Crippen LogP contribution in [0.15, 0.2) is 23.0 Å². The number of hydrogen-bond donors (Lipinski definition) is 3. The first-order valence-corrected chi connectivity index (χ1v) is 6.59. The molecule has 0 bridgehead atoms. The number of H-pyrrole nitrogens is 2. The van der Waals surface area contributed by atoms with Crippen LogP contribution in [0, 0.1) is 0 Å². The second kappa shape index (κ2) is 5.87. The van der Waals surface area contributed by atoms with E-state index >= 15 is 0 Å². The average Bonchev–Trinajstić information content (AvgIpc) is 2.67. The molecule has 4 heteroatoms. The van der Waals surface area contributed by atoms with Gasteiger partial charge in [-0.2, -0.15) is 0 Å². The number of rotatable bonds is 6. The zero-order valence-corrected chi connectivity index (χ0v) is 11.0. The number of hydrogen-bond acceptors (Lipinski definition) is 2. The second-order valence-electron chi connectivity index (χ2n) is 5.02. The fraction of sp³-hybridized carbons (Fsp3) is 0.500. The van der Waals surface area contributed by atoms with E-state index in [9.17, 15) is 4.79 Å². The summed E-state index contributed by atoms with van der Waals surface area (Å²) in [4.78, 5) is 16.7. The van der Waals surface area contributed by atoms with Crippen molar-refractivity contribution in [1.29, 1.82) is 0 Å². The van der Waals surface area contributed by atoms with Crippen LogP contribution < -0.4 is 11.0 Å². The minimum Gasteiger partial charge on any atom is -0.315 e. The fourth-order valence-corrected chi connectivity index (χ4v) is 2.08. The van der Waals surface area contributed by atoms with E-state index in [4.69, 9.17) is 0 Å². The van der Waals surface area contributed by atoms with Gasteiger partial charge in [0.15, 0.2) is 0 Å². The molecule has 0 unspecified atom stereocenters. The SMILES string of the molecule is CC(C)NCCCCc1ccc2[nH]c(=O)[nH]c2c1. The summed E-state index contributed by atoms with van der Waals surface area (Å²) in [5.74, 6) is 0. The highest BCUT2D eigenvalue weighted by atomic mass is 16.1. The molecule has 0 aliphatic rings. The maximum atomic E-state index is 11.1. The van der Waals surface area contributed by atoms with Crippen molar-refractivity contribution in [2.75, 3.05) is 6.54 Å². The van der Waals surface area contributed by atoms with Crippen molar-refractivity contribution < 1.29 is 0 Å². The van der Waals surface area contributed by atoms with Gasteiger partial charge in [0, 0.05) is 6.04 Å². The molecule has 1 aromatic heterocycles. The van der Waals surface area contributed by atoms with Crippen molar-refractivity contribution in [2.45, 2.75) is 39.2 Å². The van der Waals surface area contributed by atoms with Gasteiger partial charge in [-0.1, -0.05) is 19.9 Å². The van der Waals surface area contributed by atoms with Crippen LogP contribution in [0.25, 0.3) is 11.0 Å². The van der Waals surface area contributed by atoms with Crippen molar-refractivity contribution in [3.05, 3.63) is 34.2 Å². The van der Waals surface area contributed by atoms with E-state index in [0.717, 1.165) is 24.0 Å². The highest BCUT2D eigenvalue weighted by Crippen LogP contribution is 2.12. The van der Waals surface area contributed by atoms with Crippen molar-refractivity contribution in [3.63, 3.8) is 0 Å². The Morgan fingerprint density at radius 2 is 1.94 bits per heavy atom. The Morgan fingerprint density at radius 3 is 2.72 bits per heavy atom. The summed E-state index contributed by atoms with van der Waals surface area (Å²) in [7, 11) is 0. The largest absolute Gasteiger partial charge is 0.323 e. The molecule has 0 atom stereocenters. The fourth-order valence-electron chi connectivity index (χ4n) is 2.08. The minimum absolute atomic E-state index is 0.136. The lowest BCUT2D eigenvalue weighted by Gasteiger charge is -2.07. The van der Waals surface area contributed by atoms with Crippen LogP contribution in [0.1, 0.15) is 32.3 Å². The molecular formula is C14H21N3O. The maximum absolute atomic E-state index is 11.1. The van der Waals surface area contributed by atoms with Gasteiger partial charge in [-0.15, -0.1) is 0 Å². The number of unbranched alkanes of at least 4 members (excludes halogenated alkanes) is 1. The lowest BCUT2D eigenvalue weighted by molar-refractivity contribution is 0.557. The molecule has 3 N–H and O–H groups in total. The molecule has 2 aromatic rings. The van der Waals surface area contributed by atoms with Crippen LogP contribution in [-0.4, -0.2) is 22.6 Å². The molecule has 0 spiro atoms. The number of aromatic amines is 2. The molecule has 0 saturated carbocycles. The molecule has 0 aliphatic carbocycles. The Kier molecular flexibility index (Phi) is 4.20. The van der Waals surface area contributed by atoms with Crippen LogP contribution >= 0.6 is 0 Å². The zero-order chi connectivity index (χ0) is 13.0. The molecule has 0 amide bonds. The lowest BCUT2D eigenvalue weighted by atomic mass is 10.1. The summed E-state index contributed by atoms with van der Waals surface area (Å²) in [5.41, 5.74) is 2.92. The molecule has 18 heavy (non-hydrogen) atoms. The third kappa shape index (κ3) is 3.47. The Labute approximate surface area is 107 Å². The third-order valence-corrected chi connectivity index (χ3v) is 3.03. The first kappa shape index (κ1) is 12.9. The van der Waals surface area contributed by atoms with Crippen molar-refractivity contribution in [1.82, 2.24) is 15.3 Å². The Hall–Kier alpha value is -1.55. The summed E-state index contributed by atoms with van der Waals surface area (Å²) >= 11 is 0. The van der Waals surface area contributed by atoms with E-state index in [1.807, 2.05) is 6.07 Å². The smallest absolute Gasteiger partial charge is 0.315 e. The quantitative estimate of drug-likeness (QED) is 0.685. The number of aromatic nitrogens is 2. The van der Waals surface area contributed by atoms with Crippen LogP contribution in [-0.2, 0) is 6.42 Å². The molecule has 0 aliphatic heterocycles. The van der Waals surface area contributed by atoms with Gasteiger partial charge in [-0.05, 0) is 43.5 Å². The molecule has 0 fully saturated rings. The summed E-state index contributed by atoms with van der Waals surface area (Å²) in [6.07, 6.45) is 3.41. The average molecular weight is 247 g/mol. The normalized spacial score (nSPS) is 11.5. The standard InChI is InChI=1S/C14H21N3O/c1-10(2)15-8-4-3-5-11-6-7-12-13(9-11)17-14(18)16-12/h6-7,9-10,15H,3-5,8H2,1-2H3,(H2,16,17,18). The molecule has 1 aromatic carbocycles. The van der Waals surface area contributed by atoms with E-state index < -0.39 is 0 Å². The van der Waals surface area contributed by atoms with Crippen molar-refractivity contribution in [3.8, 4) is 0 Å². The van der Waals surface area contributed by atoms with Gasteiger partial charge in [-0.3, -0.25) is 0 Å². The summed E-state index contributed by atoms with van der Waals surface area (Å²) < 4.78 is 0. The van der Waals surface area contributed by atoms with Crippen LogP contribution in [0.5, 0.6) is 0 Å². The lowest BCUT2D eigenvalue weighted by Crippen LogP contribution is -2.23. The molecule has 2 rings (SSSR count). The Bertz CT molecular complexity index is 553. The van der Waals surface area contributed by atoms with E-state index in [1.165, 1.54) is 18.4 Å². The summed E-state index contributed by atoms with van der Waals surface area (Å²) in [6.45, 7) is 5.40. The Balaban J connectivity index is 1.86. The number of benzene rings is 1. The number of aryl methyl sites for hydroxylation is 1. The highest BCUT2D eigenvalue weighted by Gasteiger charge is 2.00. The Morgan fingerprint density at radius 1 is 1.17 bits per heavy atom. The first-order chi connectivity index (χ1) is 8.65. The molecular weight excluding hydrogens is 226 g/mol. The van der Waals surface area contributed by atoms with E-state index in [0.29, 0.717) is 6.04 Å². The van der Waals surface area contributed by atoms with Gasteiger partial charge in [0.25, 0.3) is 0 Å². The number of fused-ring (bicyclic) bond motifs is 1. The highest BCUT2D eigenvalue weighted by molar-refractivity contribution is 5.74. The summed E-state index contributed by atoms with van der Waals surface area (Å²) in [6, 6.07) is 6.67. The van der Waals surface area contributed by atoms with Crippen molar-refractivity contribution in [2.24, 2.45) is 0 Å². The second-order valence-corrected chi connectivity index (χ2v) is 5.02. The number of imidazole rings is 1. The van der Waals surface area contributed by atoms with Crippen LogP contribution in [0.4, 0.5) is 0 Å². The van der Waals surface area contributed by atoms with Gasteiger partial charge in [0.1, 0.15) is 0 Å². The van der Waals surface area contributed by atoms with Crippen LogP contribution in [0.2, 0.25) is 0 Å². The predicted octanol–water partition coefficient (Wildman–Crippen LogP) is 2.18. The molecule has 1 heterocycles. The van der Waals surface area contributed by atoms with Gasteiger partial charge in [0.05, 0.1) is 11.0 Å². The summed E-state index contributed by atoms with van der Waals surface area (Å²) in [5, 5.41) is 3.41. The van der Waals surface area contributed by atoms with Gasteiger partial charge < -0.3 is 15.3 Å².